The van der Waals surface area contributed by atoms with E-state index in [1.807, 2.05) is 12.1 Å². The molecule has 3 heteroatoms. The minimum absolute atomic E-state index is 0.408. The molecule has 0 atom stereocenters. The van der Waals surface area contributed by atoms with Gasteiger partial charge in [0.1, 0.15) is 5.78 Å². The molecule has 1 fully saturated rings. The Labute approximate surface area is 102 Å². The highest BCUT2D eigenvalue weighted by molar-refractivity contribution is 7.80. The molecule has 16 heavy (non-hydrogen) atoms. The van der Waals surface area contributed by atoms with Crippen molar-refractivity contribution in [1.82, 2.24) is 4.90 Å². The molecular formula is C13H17NOS. The van der Waals surface area contributed by atoms with E-state index in [1.165, 1.54) is 5.56 Å². The van der Waals surface area contributed by atoms with Crippen LogP contribution < -0.4 is 0 Å². The maximum atomic E-state index is 11.1. The van der Waals surface area contributed by atoms with Gasteiger partial charge in [-0.3, -0.25) is 4.79 Å². The van der Waals surface area contributed by atoms with Crippen molar-refractivity contribution in [2.45, 2.75) is 24.2 Å². The van der Waals surface area contributed by atoms with E-state index in [2.05, 4.69) is 29.7 Å². The Balaban J connectivity index is 1.84. The summed E-state index contributed by atoms with van der Waals surface area (Å²) in [7, 11) is 0. The fourth-order valence-electron chi connectivity index (χ4n) is 2.03. The SMILES string of the molecule is O=C1CCN(CCc2ccccc2S)CC1. The van der Waals surface area contributed by atoms with Gasteiger partial charge in [-0.05, 0) is 18.1 Å². The van der Waals surface area contributed by atoms with Gasteiger partial charge in [0.25, 0.3) is 0 Å². The first-order valence-corrected chi connectivity index (χ1v) is 6.21. The Morgan fingerprint density at radius 2 is 1.88 bits per heavy atom. The van der Waals surface area contributed by atoms with Crippen LogP contribution in [0.3, 0.4) is 0 Å². The quantitative estimate of drug-likeness (QED) is 0.810. The van der Waals surface area contributed by atoms with Gasteiger partial charge in [0.15, 0.2) is 0 Å². The summed E-state index contributed by atoms with van der Waals surface area (Å²) in [5.41, 5.74) is 1.29. The highest BCUT2D eigenvalue weighted by Gasteiger charge is 2.15. The lowest BCUT2D eigenvalue weighted by Crippen LogP contribution is -2.35. The predicted octanol–water partition coefficient (Wildman–Crippen LogP) is 2.18. The first kappa shape index (κ1) is 11.7. The maximum absolute atomic E-state index is 11.1. The van der Waals surface area contributed by atoms with Gasteiger partial charge in [0.05, 0.1) is 0 Å². The van der Waals surface area contributed by atoms with Crippen LogP contribution in [0.4, 0.5) is 0 Å². The van der Waals surface area contributed by atoms with Crippen LogP contribution in [0.15, 0.2) is 29.2 Å². The summed E-state index contributed by atoms with van der Waals surface area (Å²) in [6.07, 6.45) is 2.47. The van der Waals surface area contributed by atoms with Crippen LogP contribution in [0.2, 0.25) is 0 Å². The first-order chi connectivity index (χ1) is 7.75. The molecule has 1 heterocycles. The zero-order valence-electron chi connectivity index (χ0n) is 9.35. The lowest BCUT2D eigenvalue weighted by atomic mass is 10.1. The molecule has 0 amide bonds. The summed E-state index contributed by atoms with van der Waals surface area (Å²) in [4.78, 5) is 14.5. The van der Waals surface area contributed by atoms with E-state index in [-0.39, 0.29) is 0 Å². The summed E-state index contributed by atoms with van der Waals surface area (Å²) >= 11 is 4.44. The predicted molar refractivity (Wildman–Crippen MR) is 68.1 cm³/mol. The molecule has 2 rings (SSSR count). The molecule has 0 N–H and O–H groups in total. The van der Waals surface area contributed by atoms with Crippen LogP contribution in [0, 0.1) is 0 Å². The highest BCUT2D eigenvalue weighted by atomic mass is 32.1. The number of hydrogen-bond donors (Lipinski definition) is 1. The number of likely N-dealkylation sites (tertiary alicyclic amines) is 1. The fourth-order valence-corrected chi connectivity index (χ4v) is 2.30. The second-order valence-electron chi connectivity index (χ2n) is 4.26. The van der Waals surface area contributed by atoms with Crippen molar-refractivity contribution in [2.24, 2.45) is 0 Å². The average Bonchev–Trinajstić information content (AvgIpc) is 2.30. The maximum Gasteiger partial charge on any atom is 0.135 e. The number of carbonyl (C=O) groups is 1. The van der Waals surface area contributed by atoms with E-state index >= 15 is 0 Å². The van der Waals surface area contributed by atoms with E-state index in [0.29, 0.717) is 5.78 Å². The molecule has 1 aromatic rings. The van der Waals surface area contributed by atoms with Crippen molar-refractivity contribution in [1.29, 1.82) is 0 Å². The molecular weight excluding hydrogens is 218 g/mol. The van der Waals surface area contributed by atoms with Crippen molar-refractivity contribution < 1.29 is 4.79 Å². The van der Waals surface area contributed by atoms with E-state index in [9.17, 15) is 4.79 Å². The lowest BCUT2D eigenvalue weighted by Gasteiger charge is -2.25. The van der Waals surface area contributed by atoms with E-state index in [0.717, 1.165) is 43.8 Å². The molecule has 2 nitrogen and oxygen atoms in total. The number of Topliss-reactive ketones (excluding diaryl/α,β-unsaturated/α-hetero) is 1. The summed E-state index contributed by atoms with van der Waals surface area (Å²) in [6, 6.07) is 8.20. The molecule has 0 saturated carbocycles. The summed E-state index contributed by atoms with van der Waals surface area (Å²) in [5, 5.41) is 0. The van der Waals surface area contributed by atoms with Gasteiger partial charge in [-0.1, -0.05) is 18.2 Å². The third kappa shape index (κ3) is 3.09. The standard InChI is InChI=1S/C13H17NOS/c15-12-6-9-14(10-7-12)8-5-11-3-1-2-4-13(11)16/h1-4,16H,5-10H2. The third-order valence-electron chi connectivity index (χ3n) is 3.10. The van der Waals surface area contributed by atoms with Gasteiger partial charge in [0.2, 0.25) is 0 Å². The molecule has 0 unspecified atom stereocenters. The number of rotatable bonds is 3. The summed E-state index contributed by atoms with van der Waals surface area (Å²) in [6.45, 7) is 2.88. The molecule has 1 aromatic carbocycles. The normalized spacial score (nSPS) is 17.7. The zero-order valence-corrected chi connectivity index (χ0v) is 10.2. The number of nitrogens with zero attached hydrogens (tertiary/aromatic N) is 1. The summed E-state index contributed by atoms with van der Waals surface area (Å²) in [5.74, 6) is 0.408. The Bertz CT molecular complexity index is 368. The number of ketones is 1. The molecule has 1 saturated heterocycles. The topological polar surface area (TPSA) is 20.3 Å². The van der Waals surface area contributed by atoms with E-state index < -0.39 is 0 Å². The van der Waals surface area contributed by atoms with E-state index in [1.54, 1.807) is 0 Å². The minimum atomic E-state index is 0.408. The zero-order chi connectivity index (χ0) is 11.4. The van der Waals surface area contributed by atoms with Gasteiger partial charge >= 0.3 is 0 Å². The molecule has 0 aliphatic carbocycles. The molecule has 0 aromatic heterocycles. The van der Waals surface area contributed by atoms with Crippen LogP contribution in [0.1, 0.15) is 18.4 Å². The van der Waals surface area contributed by atoms with Gasteiger partial charge < -0.3 is 4.90 Å². The molecule has 0 radical (unpaired) electrons. The number of piperidine rings is 1. The van der Waals surface area contributed by atoms with Crippen LogP contribution in [0.5, 0.6) is 0 Å². The Morgan fingerprint density at radius 1 is 1.19 bits per heavy atom. The molecule has 86 valence electrons. The largest absolute Gasteiger partial charge is 0.302 e. The number of hydrogen-bond acceptors (Lipinski definition) is 3. The monoisotopic (exact) mass is 235 g/mol. The van der Waals surface area contributed by atoms with Gasteiger partial charge in [-0.25, -0.2) is 0 Å². The third-order valence-corrected chi connectivity index (χ3v) is 3.54. The molecule has 1 aliphatic heterocycles. The Kier molecular flexibility index (Phi) is 4.02. The molecule has 0 bridgehead atoms. The first-order valence-electron chi connectivity index (χ1n) is 5.76. The van der Waals surface area contributed by atoms with Crippen molar-refractivity contribution in [3.05, 3.63) is 29.8 Å². The van der Waals surface area contributed by atoms with Crippen molar-refractivity contribution in [3.63, 3.8) is 0 Å². The Morgan fingerprint density at radius 3 is 2.56 bits per heavy atom. The summed E-state index contributed by atoms with van der Waals surface area (Å²) < 4.78 is 0. The van der Waals surface area contributed by atoms with Crippen LogP contribution in [0.25, 0.3) is 0 Å². The van der Waals surface area contributed by atoms with Gasteiger partial charge in [-0.15, -0.1) is 12.6 Å². The lowest BCUT2D eigenvalue weighted by molar-refractivity contribution is -0.121. The smallest absolute Gasteiger partial charge is 0.135 e. The molecule has 0 spiro atoms. The highest BCUT2D eigenvalue weighted by Crippen LogP contribution is 2.14. The van der Waals surface area contributed by atoms with Crippen LogP contribution >= 0.6 is 12.6 Å². The second-order valence-corrected chi connectivity index (χ2v) is 4.74. The van der Waals surface area contributed by atoms with Gasteiger partial charge in [0, 0.05) is 37.4 Å². The number of benzene rings is 1. The average molecular weight is 235 g/mol. The van der Waals surface area contributed by atoms with Gasteiger partial charge in [-0.2, -0.15) is 0 Å². The van der Waals surface area contributed by atoms with E-state index in [4.69, 9.17) is 0 Å². The van der Waals surface area contributed by atoms with Crippen molar-refractivity contribution in [3.8, 4) is 0 Å². The van der Waals surface area contributed by atoms with Crippen LogP contribution in [-0.4, -0.2) is 30.3 Å². The molecule has 1 aliphatic rings. The van der Waals surface area contributed by atoms with Crippen molar-refractivity contribution in [2.75, 3.05) is 19.6 Å². The van der Waals surface area contributed by atoms with Crippen molar-refractivity contribution >= 4 is 18.4 Å². The number of carbonyl (C=O) groups excluding carboxylic acids is 1. The Hall–Kier alpha value is -0.800. The fraction of sp³-hybridized carbons (Fsp3) is 0.462. The number of thiol groups is 1. The van der Waals surface area contributed by atoms with Crippen LogP contribution in [-0.2, 0) is 11.2 Å². The second kappa shape index (κ2) is 5.51. The minimum Gasteiger partial charge on any atom is -0.302 e.